The zero-order valence-electron chi connectivity index (χ0n) is 17.5. The Morgan fingerprint density at radius 1 is 1.03 bits per heavy atom. The van der Waals surface area contributed by atoms with Crippen molar-refractivity contribution < 1.29 is 14.3 Å². The van der Waals surface area contributed by atoms with E-state index in [0.29, 0.717) is 25.6 Å². The number of methoxy groups -OCH3 is 1. The molecule has 1 heterocycles. The largest absolute Gasteiger partial charge is 0.497 e. The maximum absolute atomic E-state index is 10.9. The molecule has 3 rings (SSSR count). The van der Waals surface area contributed by atoms with Crippen molar-refractivity contribution in [3.8, 4) is 5.75 Å². The van der Waals surface area contributed by atoms with Crippen molar-refractivity contribution in [3.05, 3.63) is 89.9 Å². The fourth-order valence-electron chi connectivity index (χ4n) is 2.99. The van der Waals surface area contributed by atoms with Gasteiger partial charge < -0.3 is 24.9 Å². The number of hydrogen-bond donors (Lipinski definition) is 3. The number of nitrogens with zero attached hydrogens (tertiary/aromatic N) is 1. The van der Waals surface area contributed by atoms with Crippen molar-refractivity contribution in [2.24, 2.45) is 4.99 Å². The molecular weight excluding hydrogens is 378 g/mol. The van der Waals surface area contributed by atoms with Crippen LogP contribution in [0.3, 0.4) is 0 Å². The van der Waals surface area contributed by atoms with Crippen LogP contribution in [0.4, 0.5) is 0 Å². The maximum Gasteiger partial charge on any atom is 0.191 e. The maximum atomic E-state index is 10.9. The lowest BCUT2D eigenvalue weighted by molar-refractivity contribution is 0.0617. The number of aliphatic hydroxyl groups is 1. The molecule has 0 saturated carbocycles. The van der Waals surface area contributed by atoms with Gasteiger partial charge in [0.15, 0.2) is 5.96 Å². The Kier molecular flexibility index (Phi) is 7.51. The van der Waals surface area contributed by atoms with E-state index in [-0.39, 0.29) is 0 Å². The summed E-state index contributed by atoms with van der Waals surface area (Å²) in [6.45, 7) is 3.29. The summed E-state index contributed by atoms with van der Waals surface area (Å²) in [5.41, 5.74) is 0.894. The van der Waals surface area contributed by atoms with Gasteiger partial charge in [0, 0.05) is 13.0 Å². The summed E-state index contributed by atoms with van der Waals surface area (Å²) < 4.78 is 10.6. The minimum absolute atomic E-state index is 0.326. The Balaban J connectivity index is 1.64. The predicted molar refractivity (Wildman–Crippen MR) is 119 cm³/mol. The van der Waals surface area contributed by atoms with Gasteiger partial charge in [-0.3, -0.25) is 0 Å². The van der Waals surface area contributed by atoms with E-state index in [4.69, 9.17) is 9.15 Å². The van der Waals surface area contributed by atoms with Crippen LogP contribution in [0.5, 0.6) is 5.75 Å². The van der Waals surface area contributed by atoms with Crippen LogP contribution in [-0.4, -0.2) is 31.3 Å². The lowest BCUT2D eigenvalue weighted by Crippen LogP contribution is -2.45. The summed E-state index contributed by atoms with van der Waals surface area (Å²) in [6, 6.07) is 21.3. The van der Waals surface area contributed by atoms with Gasteiger partial charge in [-0.1, -0.05) is 42.5 Å². The summed E-state index contributed by atoms with van der Waals surface area (Å²) in [5, 5.41) is 17.5. The van der Waals surface area contributed by atoms with Crippen LogP contribution in [0.25, 0.3) is 0 Å². The van der Waals surface area contributed by atoms with Gasteiger partial charge in [0.05, 0.1) is 26.5 Å². The third-order valence-corrected chi connectivity index (χ3v) is 4.82. The molecule has 0 radical (unpaired) electrons. The van der Waals surface area contributed by atoms with Crippen LogP contribution < -0.4 is 15.4 Å². The van der Waals surface area contributed by atoms with E-state index in [2.05, 4.69) is 15.6 Å². The molecule has 1 unspecified atom stereocenters. The van der Waals surface area contributed by atoms with Crippen LogP contribution in [-0.2, 0) is 18.6 Å². The van der Waals surface area contributed by atoms with Crippen molar-refractivity contribution in [2.75, 3.05) is 20.2 Å². The van der Waals surface area contributed by atoms with E-state index in [9.17, 15) is 5.11 Å². The predicted octanol–water partition coefficient (Wildman–Crippen LogP) is 3.47. The monoisotopic (exact) mass is 407 g/mol. The SMILES string of the molecule is COc1ccc(CN=C(NCCc2ccco2)NCC(C)(O)c2ccccc2)cc1. The first-order valence-corrected chi connectivity index (χ1v) is 10.0. The fourth-order valence-corrected chi connectivity index (χ4v) is 2.99. The first-order chi connectivity index (χ1) is 14.6. The van der Waals surface area contributed by atoms with Gasteiger partial charge in [-0.25, -0.2) is 4.99 Å². The van der Waals surface area contributed by atoms with E-state index in [1.165, 1.54) is 0 Å². The lowest BCUT2D eigenvalue weighted by atomic mass is 9.96. The average Bonchev–Trinajstić information content (AvgIpc) is 3.30. The van der Waals surface area contributed by atoms with E-state index in [1.807, 2.05) is 66.7 Å². The third-order valence-electron chi connectivity index (χ3n) is 4.82. The highest BCUT2D eigenvalue weighted by atomic mass is 16.5. The Labute approximate surface area is 177 Å². The minimum atomic E-state index is -1.02. The molecule has 1 atom stereocenters. The van der Waals surface area contributed by atoms with Crippen LogP contribution in [0.1, 0.15) is 23.8 Å². The molecule has 3 N–H and O–H groups in total. The molecule has 0 fully saturated rings. The van der Waals surface area contributed by atoms with Crippen LogP contribution >= 0.6 is 0 Å². The van der Waals surface area contributed by atoms with Crippen molar-refractivity contribution in [1.82, 2.24) is 10.6 Å². The third kappa shape index (κ3) is 6.39. The second-order valence-corrected chi connectivity index (χ2v) is 7.26. The first-order valence-electron chi connectivity index (χ1n) is 10.0. The molecule has 0 aliphatic heterocycles. The highest BCUT2D eigenvalue weighted by molar-refractivity contribution is 5.79. The first kappa shape index (κ1) is 21.5. The minimum Gasteiger partial charge on any atom is -0.497 e. The van der Waals surface area contributed by atoms with E-state index in [1.54, 1.807) is 20.3 Å². The smallest absolute Gasteiger partial charge is 0.191 e. The number of furan rings is 1. The van der Waals surface area contributed by atoms with Gasteiger partial charge in [0.2, 0.25) is 0 Å². The molecule has 158 valence electrons. The molecule has 0 saturated heterocycles. The van der Waals surface area contributed by atoms with Crippen LogP contribution in [0, 0.1) is 0 Å². The molecule has 0 spiro atoms. The van der Waals surface area contributed by atoms with Gasteiger partial charge in [-0.15, -0.1) is 0 Å². The van der Waals surface area contributed by atoms with Gasteiger partial charge in [-0.2, -0.15) is 0 Å². The number of benzene rings is 2. The number of hydrogen-bond acceptors (Lipinski definition) is 4. The number of ether oxygens (including phenoxy) is 1. The van der Waals surface area contributed by atoms with E-state index < -0.39 is 5.60 Å². The molecule has 3 aromatic rings. The average molecular weight is 408 g/mol. The second-order valence-electron chi connectivity index (χ2n) is 7.26. The molecule has 0 aliphatic carbocycles. The Morgan fingerprint density at radius 3 is 2.47 bits per heavy atom. The van der Waals surface area contributed by atoms with Crippen molar-refractivity contribution in [1.29, 1.82) is 0 Å². The van der Waals surface area contributed by atoms with Gasteiger partial charge in [0.1, 0.15) is 17.1 Å². The van der Waals surface area contributed by atoms with E-state index >= 15 is 0 Å². The number of guanidine groups is 1. The van der Waals surface area contributed by atoms with Crippen molar-refractivity contribution in [2.45, 2.75) is 25.5 Å². The summed E-state index contributed by atoms with van der Waals surface area (Å²) in [4.78, 5) is 4.68. The van der Waals surface area contributed by atoms with Crippen LogP contribution in [0.15, 0.2) is 82.4 Å². The van der Waals surface area contributed by atoms with Gasteiger partial charge in [0.25, 0.3) is 0 Å². The molecule has 0 aliphatic rings. The highest BCUT2D eigenvalue weighted by Gasteiger charge is 2.23. The Bertz CT molecular complexity index is 905. The standard InChI is InChI=1S/C24H29N3O3/c1-24(28,20-7-4-3-5-8-20)18-27-23(25-15-14-22-9-6-16-30-22)26-17-19-10-12-21(29-2)13-11-19/h3-13,16,28H,14-15,17-18H2,1-2H3,(H2,25,26,27). The molecule has 2 aromatic carbocycles. The summed E-state index contributed by atoms with van der Waals surface area (Å²) in [6.07, 6.45) is 2.41. The van der Waals surface area contributed by atoms with E-state index in [0.717, 1.165) is 29.1 Å². The number of rotatable bonds is 9. The highest BCUT2D eigenvalue weighted by Crippen LogP contribution is 2.19. The van der Waals surface area contributed by atoms with Crippen LogP contribution in [0.2, 0.25) is 0 Å². The molecular formula is C24H29N3O3. The summed E-state index contributed by atoms with van der Waals surface area (Å²) in [7, 11) is 1.65. The van der Waals surface area contributed by atoms with Crippen molar-refractivity contribution in [3.63, 3.8) is 0 Å². The molecule has 30 heavy (non-hydrogen) atoms. The summed E-state index contributed by atoms with van der Waals surface area (Å²) >= 11 is 0. The quantitative estimate of drug-likeness (QED) is 0.374. The second kappa shape index (κ2) is 10.5. The van der Waals surface area contributed by atoms with Gasteiger partial charge >= 0.3 is 0 Å². The lowest BCUT2D eigenvalue weighted by Gasteiger charge is -2.25. The zero-order valence-corrected chi connectivity index (χ0v) is 17.5. The summed E-state index contributed by atoms with van der Waals surface area (Å²) in [5.74, 6) is 2.36. The molecule has 6 heteroatoms. The molecule has 0 bridgehead atoms. The number of aliphatic imine (C=N–C) groups is 1. The van der Waals surface area contributed by atoms with Gasteiger partial charge in [-0.05, 0) is 42.3 Å². The van der Waals surface area contributed by atoms with Crippen molar-refractivity contribution >= 4 is 5.96 Å². The normalized spacial score (nSPS) is 13.5. The fraction of sp³-hybridized carbons (Fsp3) is 0.292. The topological polar surface area (TPSA) is 79.0 Å². The molecule has 1 aromatic heterocycles. The number of nitrogens with one attached hydrogen (secondary N) is 2. The Morgan fingerprint density at radius 2 is 1.80 bits per heavy atom. The molecule has 0 amide bonds. The Hall–Kier alpha value is -3.25. The zero-order chi connectivity index (χ0) is 21.2. The molecule has 6 nitrogen and oxygen atoms in total.